The summed E-state index contributed by atoms with van der Waals surface area (Å²) in [5, 5.41) is 3.55. The average molecular weight is 381 g/mol. The molecule has 0 aliphatic carbocycles. The third kappa shape index (κ3) is 3.59. The molecule has 1 unspecified atom stereocenters. The highest BCUT2D eigenvalue weighted by atomic mass is 127. The van der Waals surface area contributed by atoms with E-state index in [0.717, 1.165) is 3.57 Å². The molecule has 0 heterocycles. The highest BCUT2D eigenvalue weighted by Crippen LogP contribution is 2.20. The van der Waals surface area contributed by atoms with Crippen LogP contribution >= 0.6 is 34.2 Å². The van der Waals surface area contributed by atoms with E-state index in [9.17, 15) is 4.79 Å². The molecule has 0 aliphatic rings. The van der Waals surface area contributed by atoms with Gasteiger partial charge in [0.1, 0.15) is 0 Å². The van der Waals surface area contributed by atoms with Gasteiger partial charge in [0.05, 0.1) is 11.1 Å². The lowest BCUT2D eigenvalue weighted by atomic mass is 9.88. The van der Waals surface area contributed by atoms with Gasteiger partial charge >= 0.3 is 0 Å². The maximum absolute atomic E-state index is 12.3. The number of carbonyl (C=O) groups excluding carboxylic acids is 1. The first-order valence-corrected chi connectivity index (χ1v) is 7.23. The Kier molecular flexibility index (Phi) is 5.43. The third-order valence-electron chi connectivity index (χ3n) is 3.27. The summed E-state index contributed by atoms with van der Waals surface area (Å²) in [5.41, 5.74) is 5.93. The number of nitrogens with one attached hydrogen (secondary N) is 1. The Balaban J connectivity index is 2.98. The lowest BCUT2D eigenvalue weighted by Gasteiger charge is -2.33. The van der Waals surface area contributed by atoms with Crippen LogP contribution in [-0.4, -0.2) is 18.0 Å². The Morgan fingerprint density at radius 1 is 1.56 bits per heavy atom. The van der Waals surface area contributed by atoms with E-state index in [-0.39, 0.29) is 11.8 Å². The van der Waals surface area contributed by atoms with Crippen molar-refractivity contribution in [3.05, 3.63) is 32.4 Å². The number of hydrogen-bond donors (Lipinski definition) is 2. The number of amides is 1. The number of rotatable bonds is 4. The molecule has 0 aliphatic heterocycles. The fourth-order valence-corrected chi connectivity index (χ4v) is 2.18. The van der Waals surface area contributed by atoms with Gasteiger partial charge in [0, 0.05) is 15.1 Å². The molecular weight excluding hydrogens is 363 g/mol. The number of benzene rings is 1. The molecule has 3 N–H and O–H groups in total. The van der Waals surface area contributed by atoms with Gasteiger partial charge in [0.15, 0.2) is 0 Å². The summed E-state index contributed by atoms with van der Waals surface area (Å²) in [6.45, 7) is 6.42. The zero-order valence-corrected chi connectivity index (χ0v) is 13.7. The average Bonchev–Trinajstić information content (AvgIpc) is 2.31. The largest absolute Gasteiger partial charge is 0.345 e. The minimum absolute atomic E-state index is 0.136. The molecule has 1 aromatic carbocycles. The van der Waals surface area contributed by atoms with Gasteiger partial charge in [-0.15, -0.1) is 0 Å². The molecular formula is C13H18ClIN2O. The van der Waals surface area contributed by atoms with Crippen LogP contribution in [0, 0.1) is 9.49 Å². The molecule has 100 valence electrons. The topological polar surface area (TPSA) is 55.1 Å². The number of nitrogens with two attached hydrogens (primary N) is 1. The summed E-state index contributed by atoms with van der Waals surface area (Å²) in [6, 6.07) is 5.27. The van der Waals surface area contributed by atoms with Crippen molar-refractivity contribution in [1.29, 1.82) is 0 Å². The predicted octanol–water partition coefficient (Wildman–Crippen LogP) is 3.05. The Hall–Kier alpha value is -0.330. The van der Waals surface area contributed by atoms with Crippen LogP contribution < -0.4 is 11.1 Å². The Bertz CT molecular complexity index is 451. The van der Waals surface area contributed by atoms with Gasteiger partial charge in [-0.25, -0.2) is 0 Å². The molecule has 0 bridgehead atoms. The van der Waals surface area contributed by atoms with Gasteiger partial charge in [-0.3, -0.25) is 4.79 Å². The highest BCUT2D eigenvalue weighted by molar-refractivity contribution is 14.1. The van der Waals surface area contributed by atoms with E-state index >= 15 is 0 Å². The van der Waals surface area contributed by atoms with Crippen molar-refractivity contribution in [2.75, 3.05) is 6.54 Å². The molecule has 1 amide bonds. The van der Waals surface area contributed by atoms with Crippen molar-refractivity contribution in [3.8, 4) is 0 Å². The van der Waals surface area contributed by atoms with Crippen molar-refractivity contribution in [3.63, 3.8) is 0 Å². The minimum Gasteiger partial charge on any atom is -0.345 e. The summed E-state index contributed by atoms with van der Waals surface area (Å²) < 4.78 is 0.873. The van der Waals surface area contributed by atoms with Crippen LogP contribution in [-0.2, 0) is 0 Å². The fourth-order valence-electron chi connectivity index (χ4n) is 1.43. The van der Waals surface area contributed by atoms with Crippen molar-refractivity contribution >= 4 is 40.1 Å². The maximum atomic E-state index is 12.3. The summed E-state index contributed by atoms with van der Waals surface area (Å²) >= 11 is 8.04. The van der Waals surface area contributed by atoms with Crippen LogP contribution in [0.1, 0.15) is 31.1 Å². The molecule has 0 saturated heterocycles. The lowest BCUT2D eigenvalue weighted by Crippen LogP contribution is -2.55. The molecule has 5 heteroatoms. The molecule has 3 nitrogen and oxygen atoms in total. The Morgan fingerprint density at radius 2 is 2.17 bits per heavy atom. The van der Waals surface area contributed by atoms with Crippen molar-refractivity contribution in [2.45, 2.75) is 26.3 Å². The van der Waals surface area contributed by atoms with Crippen molar-refractivity contribution < 1.29 is 4.79 Å². The van der Waals surface area contributed by atoms with Gasteiger partial charge < -0.3 is 11.1 Å². The Morgan fingerprint density at radius 3 is 2.67 bits per heavy atom. The summed E-state index contributed by atoms with van der Waals surface area (Å²) in [6.07, 6.45) is 0. The van der Waals surface area contributed by atoms with Crippen LogP contribution in [0.4, 0.5) is 0 Å². The maximum Gasteiger partial charge on any atom is 0.252 e. The SMILES string of the molecule is CC(C)C(C)(CN)NC(=O)c1cc(Cl)ccc1I. The second kappa shape index (κ2) is 6.21. The molecule has 0 radical (unpaired) electrons. The number of carbonyl (C=O) groups is 1. The predicted molar refractivity (Wildman–Crippen MR) is 83.9 cm³/mol. The quantitative estimate of drug-likeness (QED) is 0.789. The summed E-state index contributed by atoms with van der Waals surface area (Å²) in [5.74, 6) is 0.117. The normalized spacial score (nSPS) is 14.4. The molecule has 1 rings (SSSR count). The molecule has 1 aromatic rings. The van der Waals surface area contributed by atoms with E-state index in [1.54, 1.807) is 12.1 Å². The van der Waals surface area contributed by atoms with Gasteiger partial charge in [0.25, 0.3) is 5.91 Å². The monoisotopic (exact) mass is 380 g/mol. The number of halogens is 2. The van der Waals surface area contributed by atoms with Gasteiger partial charge in [0.2, 0.25) is 0 Å². The smallest absolute Gasteiger partial charge is 0.252 e. The van der Waals surface area contributed by atoms with E-state index in [1.807, 2.05) is 26.8 Å². The van der Waals surface area contributed by atoms with E-state index in [2.05, 4.69) is 27.9 Å². The van der Waals surface area contributed by atoms with E-state index in [4.69, 9.17) is 17.3 Å². The highest BCUT2D eigenvalue weighted by Gasteiger charge is 2.29. The third-order valence-corrected chi connectivity index (χ3v) is 4.45. The van der Waals surface area contributed by atoms with Gasteiger partial charge in [-0.05, 0) is 53.6 Å². The lowest BCUT2D eigenvalue weighted by molar-refractivity contribution is 0.0882. The van der Waals surface area contributed by atoms with E-state index in [0.29, 0.717) is 17.1 Å². The molecule has 1 atom stereocenters. The zero-order chi connectivity index (χ0) is 13.9. The van der Waals surface area contributed by atoms with Crippen LogP contribution in [0.5, 0.6) is 0 Å². The first-order valence-electron chi connectivity index (χ1n) is 5.78. The van der Waals surface area contributed by atoms with Crippen LogP contribution in [0.2, 0.25) is 5.02 Å². The van der Waals surface area contributed by atoms with Crippen molar-refractivity contribution in [1.82, 2.24) is 5.32 Å². The molecule has 0 spiro atoms. The van der Waals surface area contributed by atoms with E-state index < -0.39 is 5.54 Å². The van der Waals surface area contributed by atoms with Crippen LogP contribution in [0.25, 0.3) is 0 Å². The first-order chi connectivity index (χ1) is 8.30. The molecule has 0 saturated carbocycles. The molecule has 18 heavy (non-hydrogen) atoms. The zero-order valence-electron chi connectivity index (χ0n) is 10.8. The van der Waals surface area contributed by atoms with Crippen molar-refractivity contribution in [2.24, 2.45) is 11.7 Å². The second-order valence-corrected chi connectivity index (χ2v) is 6.45. The molecule has 0 aromatic heterocycles. The fraction of sp³-hybridized carbons (Fsp3) is 0.462. The second-order valence-electron chi connectivity index (χ2n) is 4.85. The van der Waals surface area contributed by atoms with Crippen LogP contribution in [0.15, 0.2) is 18.2 Å². The van der Waals surface area contributed by atoms with E-state index in [1.165, 1.54) is 0 Å². The molecule has 0 fully saturated rings. The van der Waals surface area contributed by atoms with Gasteiger partial charge in [-0.1, -0.05) is 25.4 Å². The Labute approximate surface area is 127 Å². The standard InChI is InChI=1S/C13H18ClIN2O/c1-8(2)13(3,7-16)17-12(18)10-6-9(14)4-5-11(10)15/h4-6,8H,7,16H2,1-3H3,(H,17,18). The first kappa shape index (κ1) is 15.7. The number of hydrogen-bond acceptors (Lipinski definition) is 2. The van der Waals surface area contributed by atoms with Crippen LogP contribution in [0.3, 0.4) is 0 Å². The minimum atomic E-state index is -0.414. The summed E-state index contributed by atoms with van der Waals surface area (Å²) in [4.78, 5) is 12.3. The summed E-state index contributed by atoms with van der Waals surface area (Å²) in [7, 11) is 0. The van der Waals surface area contributed by atoms with Gasteiger partial charge in [-0.2, -0.15) is 0 Å².